The minimum Gasteiger partial charge on any atom is -0.504 e. The van der Waals surface area contributed by atoms with E-state index in [-0.39, 0.29) is 12.4 Å². The molecule has 0 aliphatic carbocycles. The van der Waals surface area contributed by atoms with Gasteiger partial charge >= 0.3 is 0 Å². The summed E-state index contributed by atoms with van der Waals surface area (Å²) in [5.41, 5.74) is 0.947. The van der Waals surface area contributed by atoms with Crippen molar-refractivity contribution in [2.24, 2.45) is 0 Å². The number of methoxy groups -OCH3 is 1. The number of phenolic OH excluding ortho intramolecular Hbond substituents is 1. The lowest BCUT2D eigenvalue weighted by atomic mass is 10.2. The Morgan fingerprint density at radius 1 is 1.27 bits per heavy atom. The zero-order valence-electron chi connectivity index (χ0n) is 10.2. The van der Waals surface area contributed by atoms with E-state index in [0.717, 1.165) is 5.56 Å². The van der Waals surface area contributed by atoms with Gasteiger partial charge < -0.3 is 14.9 Å². The van der Waals surface area contributed by atoms with E-state index in [2.05, 4.69) is 0 Å². The van der Waals surface area contributed by atoms with Crippen molar-refractivity contribution in [1.29, 1.82) is 0 Å². The molecule has 0 amide bonds. The fourth-order valence-corrected chi connectivity index (χ4v) is 0.903. The van der Waals surface area contributed by atoms with Gasteiger partial charge in [-0.25, -0.2) is 0 Å². The molecule has 0 bridgehead atoms. The van der Waals surface area contributed by atoms with Crippen LogP contribution in [0.1, 0.15) is 26.3 Å². The molecule has 1 aromatic carbocycles. The van der Waals surface area contributed by atoms with Gasteiger partial charge in [0.15, 0.2) is 11.5 Å². The van der Waals surface area contributed by atoms with Crippen LogP contribution in [0.25, 0.3) is 0 Å². The number of phenols is 1. The van der Waals surface area contributed by atoms with Crippen LogP contribution in [0.5, 0.6) is 11.5 Å². The minimum atomic E-state index is 0.197. The molecule has 0 aromatic heterocycles. The second kappa shape index (κ2) is 10.9. The number of aliphatic hydroxyl groups excluding tert-OH is 1. The summed E-state index contributed by atoms with van der Waals surface area (Å²) in [5.74, 6) is 0.755. The van der Waals surface area contributed by atoms with Gasteiger partial charge in [-0.3, -0.25) is 0 Å². The fraction of sp³-hybridized carbons (Fsp3) is 0.500. The monoisotopic (exact) mass is 214 g/mol. The number of rotatable bonds is 1. The Morgan fingerprint density at radius 3 is 2.00 bits per heavy atom. The van der Waals surface area contributed by atoms with Gasteiger partial charge in [-0.05, 0) is 25.5 Å². The lowest BCUT2D eigenvalue weighted by Crippen LogP contribution is -1.86. The molecule has 15 heavy (non-hydrogen) atoms. The molecule has 0 atom stereocenters. The van der Waals surface area contributed by atoms with Crippen molar-refractivity contribution in [3.63, 3.8) is 0 Å². The van der Waals surface area contributed by atoms with Crippen LogP contribution in [0.4, 0.5) is 0 Å². The molecule has 0 radical (unpaired) electrons. The van der Waals surface area contributed by atoms with E-state index >= 15 is 0 Å². The van der Waals surface area contributed by atoms with Crippen molar-refractivity contribution in [3.05, 3.63) is 23.8 Å². The molecular weight excluding hydrogens is 192 g/mol. The second-order valence-corrected chi connectivity index (χ2v) is 2.44. The summed E-state index contributed by atoms with van der Waals surface area (Å²) >= 11 is 0. The van der Waals surface area contributed by atoms with Crippen LogP contribution in [-0.2, 0) is 0 Å². The van der Waals surface area contributed by atoms with E-state index in [1.807, 2.05) is 26.8 Å². The predicted octanol–water partition coefficient (Wildman–Crippen LogP) is 2.73. The van der Waals surface area contributed by atoms with Crippen molar-refractivity contribution in [1.82, 2.24) is 0 Å². The zero-order chi connectivity index (χ0) is 12.3. The number of hydrogen-bond acceptors (Lipinski definition) is 3. The van der Waals surface area contributed by atoms with E-state index < -0.39 is 0 Å². The summed E-state index contributed by atoms with van der Waals surface area (Å²) in [4.78, 5) is 0. The van der Waals surface area contributed by atoms with E-state index in [4.69, 9.17) is 14.9 Å². The molecule has 3 heteroatoms. The third-order valence-corrected chi connectivity index (χ3v) is 1.40. The van der Waals surface area contributed by atoms with E-state index in [1.54, 1.807) is 26.2 Å². The Labute approximate surface area is 92.3 Å². The normalized spacial score (nSPS) is 7.87. The molecule has 2 N–H and O–H groups in total. The van der Waals surface area contributed by atoms with Crippen LogP contribution in [0.2, 0.25) is 0 Å². The van der Waals surface area contributed by atoms with E-state index in [9.17, 15) is 0 Å². The molecule has 0 spiro atoms. The number of ether oxygens (including phenoxy) is 1. The van der Waals surface area contributed by atoms with Crippen LogP contribution in [0, 0.1) is 6.92 Å². The van der Waals surface area contributed by atoms with E-state index in [0.29, 0.717) is 5.75 Å². The van der Waals surface area contributed by atoms with Gasteiger partial charge in [-0.2, -0.15) is 0 Å². The highest BCUT2D eigenvalue weighted by Gasteiger charge is 2.01. The molecule has 0 saturated carbocycles. The second-order valence-electron chi connectivity index (χ2n) is 2.44. The number of hydrogen-bond donors (Lipinski definition) is 2. The molecule has 0 aliphatic heterocycles. The van der Waals surface area contributed by atoms with E-state index in [1.165, 1.54) is 0 Å². The lowest BCUT2D eigenvalue weighted by Gasteiger charge is -2.04. The van der Waals surface area contributed by atoms with Crippen molar-refractivity contribution < 1.29 is 14.9 Å². The van der Waals surface area contributed by atoms with Gasteiger partial charge in [-0.1, -0.05) is 26.0 Å². The highest BCUT2D eigenvalue weighted by molar-refractivity contribution is 5.44. The van der Waals surface area contributed by atoms with Gasteiger partial charge in [0.2, 0.25) is 0 Å². The highest BCUT2D eigenvalue weighted by Crippen LogP contribution is 2.28. The van der Waals surface area contributed by atoms with Crippen LogP contribution in [0.15, 0.2) is 18.2 Å². The zero-order valence-corrected chi connectivity index (χ0v) is 10.2. The third-order valence-electron chi connectivity index (χ3n) is 1.40. The number of aliphatic hydroxyl groups is 1. The van der Waals surface area contributed by atoms with Gasteiger partial charge in [0.05, 0.1) is 7.11 Å². The maximum atomic E-state index is 9.17. The third kappa shape index (κ3) is 6.80. The standard InChI is InChI=1S/C8H10O2.C2H6O.C2H6/c1-6-4-3-5-7(9)8(6)10-2;1-2-3;1-2/h3-5,9H,1-2H3;3H,2H2,1H3;1-2H3. The summed E-state index contributed by atoms with van der Waals surface area (Å²) in [5, 5.41) is 16.7. The van der Waals surface area contributed by atoms with Gasteiger partial charge in [0.1, 0.15) is 0 Å². The largest absolute Gasteiger partial charge is 0.504 e. The molecule has 3 nitrogen and oxygen atoms in total. The molecule has 0 heterocycles. The Morgan fingerprint density at radius 2 is 1.73 bits per heavy atom. The van der Waals surface area contributed by atoms with Crippen molar-refractivity contribution in [2.75, 3.05) is 13.7 Å². The first-order valence-corrected chi connectivity index (χ1v) is 5.10. The minimum absolute atomic E-state index is 0.197. The average molecular weight is 214 g/mol. The Kier molecular flexibility index (Phi) is 11.7. The van der Waals surface area contributed by atoms with Crippen molar-refractivity contribution >= 4 is 0 Å². The summed E-state index contributed by atoms with van der Waals surface area (Å²) < 4.78 is 4.93. The number of para-hydroxylation sites is 1. The van der Waals surface area contributed by atoms with Crippen LogP contribution >= 0.6 is 0 Å². The first-order valence-electron chi connectivity index (χ1n) is 5.10. The molecule has 88 valence electrons. The Bertz CT molecular complexity index is 226. The summed E-state index contributed by atoms with van der Waals surface area (Å²) in [6, 6.07) is 5.28. The predicted molar refractivity (Wildman–Crippen MR) is 63.5 cm³/mol. The number of aromatic hydroxyl groups is 1. The molecule has 0 saturated heterocycles. The fourth-order valence-electron chi connectivity index (χ4n) is 0.903. The SMILES string of the molecule is CC.CCO.COc1c(C)cccc1O. The molecule has 0 fully saturated rings. The highest BCUT2D eigenvalue weighted by atomic mass is 16.5. The van der Waals surface area contributed by atoms with Crippen LogP contribution in [0.3, 0.4) is 0 Å². The smallest absolute Gasteiger partial charge is 0.163 e. The maximum Gasteiger partial charge on any atom is 0.163 e. The lowest BCUT2D eigenvalue weighted by molar-refractivity contribution is 0.318. The summed E-state index contributed by atoms with van der Waals surface area (Å²) in [6.07, 6.45) is 0. The average Bonchev–Trinajstić information content (AvgIpc) is 2.22. The van der Waals surface area contributed by atoms with Gasteiger partial charge in [0, 0.05) is 6.61 Å². The van der Waals surface area contributed by atoms with Crippen LogP contribution < -0.4 is 4.74 Å². The molecule has 1 rings (SSSR count). The molecule has 1 aromatic rings. The maximum absolute atomic E-state index is 9.17. The molecule has 0 unspecified atom stereocenters. The first kappa shape index (κ1) is 16.2. The summed E-state index contributed by atoms with van der Waals surface area (Å²) in [6.45, 7) is 7.82. The van der Waals surface area contributed by atoms with Crippen molar-refractivity contribution in [3.8, 4) is 11.5 Å². The summed E-state index contributed by atoms with van der Waals surface area (Å²) in [7, 11) is 1.54. The Balaban J connectivity index is 0. The Hall–Kier alpha value is -1.22. The first-order chi connectivity index (χ1) is 7.17. The molecule has 0 aliphatic rings. The topological polar surface area (TPSA) is 49.7 Å². The van der Waals surface area contributed by atoms with Crippen molar-refractivity contribution in [2.45, 2.75) is 27.7 Å². The van der Waals surface area contributed by atoms with Gasteiger partial charge in [-0.15, -0.1) is 0 Å². The molecular formula is C12H22O3. The quantitative estimate of drug-likeness (QED) is 0.755. The number of aryl methyl sites for hydroxylation is 1. The van der Waals surface area contributed by atoms with Gasteiger partial charge in [0.25, 0.3) is 0 Å². The van der Waals surface area contributed by atoms with Crippen LogP contribution in [-0.4, -0.2) is 23.9 Å². The number of benzene rings is 1.